The Labute approximate surface area is 205 Å². The summed E-state index contributed by atoms with van der Waals surface area (Å²) >= 11 is 0. The fourth-order valence-electron chi connectivity index (χ4n) is 6.19. The standard InChI is InChI=1S/C29H44O5/c1-26(2,3)33-24-10-9-22-18-20(12-14-28(22,24)7)23-13-15-29(31-16-17-32-29)19-21(23)8-11-25(30)34-27(4,5)6/h8,11,18,22,24H,9-10,12-17,19H2,1-7H3/b11-8+/t22-,24-,28-/m0/s1. The largest absolute Gasteiger partial charge is 0.457 e. The molecule has 3 aliphatic carbocycles. The van der Waals surface area contributed by atoms with E-state index < -0.39 is 11.4 Å². The fraction of sp³-hybridized carbons (Fsp3) is 0.759. The van der Waals surface area contributed by atoms with E-state index in [2.05, 4.69) is 33.8 Å². The van der Waals surface area contributed by atoms with Crippen molar-refractivity contribution in [3.63, 3.8) is 0 Å². The topological polar surface area (TPSA) is 54.0 Å². The van der Waals surface area contributed by atoms with Gasteiger partial charge in [0.1, 0.15) is 5.60 Å². The summed E-state index contributed by atoms with van der Waals surface area (Å²) in [7, 11) is 0. The van der Waals surface area contributed by atoms with E-state index in [1.165, 1.54) is 17.6 Å². The number of carbonyl (C=O) groups is 1. The summed E-state index contributed by atoms with van der Waals surface area (Å²) in [6.45, 7) is 15.8. The quantitative estimate of drug-likeness (QED) is 0.349. The molecule has 0 amide bonds. The van der Waals surface area contributed by atoms with Crippen LogP contribution in [0, 0.1) is 11.3 Å². The van der Waals surface area contributed by atoms with Gasteiger partial charge in [-0.1, -0.05) is 19.1 Å². The molecule has 5 heteroatoms. The van der Waals surface area contributed by atoms with E-state index in [9.17, 15) is 4.79 Å². The molecule has 5 nitrogen and oxygen atoms in total. The summed E-state index contributed by atoms with van der Waals surface area (Å²) in [5.41, 5.74) is 3.52. The number of esters is 1. The SMILES string of the molecule is CC(C)(C)OC(=O)/C=C/C1=C(C2=C[C@@H]3CC[C@H](OC(C)(C)C)[C@@]3(C)CC2)CCC2(C1)OCCO2. The molecule has 3 atom stereocenters. The predicted octanol–water partition coefficient (Wildman–Crippen LogP) is 6.43. The summed E-state index contributed by atoms with van der Waals surface area (Å²) in [4.78, 5) is 12.4. The van der Waals surface area contributed by atoms with Crippen LogP contribution in [0.3, 0.4) is 0 Å². The van der Waals surface area contributed by atoms with Gasteiger partial charge >= 0.3 is 5.97 Å². The molecule has 1 saturated heterocycles. The van der Waals surface area contributed by atoms with Crippen LogP contribution in [0.5, 0.6) is 0 Å². The van der Waals surface area contributed by atoms with Crippen LogP contribution in [0.4, 0.5) is 0 Å². The molecule has 34 heavy (non-hydrogen) atoms. The van der Waals surface area contributed by atoms with Gasteiger partial charge in [0.05, 0.1) is 24.9 Å². The molecule has 0 aromatic rings. The lowest BCUT2D eigenvalue weighted by atomic mass is 9.67. The van der Waals surface area contributed by atoms with Gasteiger partial charge in [0.2, 0.25) is 0 Å². The van der Waals surface area contributed by atoms with Gasteiger partial charge in [0, 0.05) is 24.3 Å². The molecule has 0 radical (unpaired) electrons. The third kappa shape index (κ3) is 5.68. The van der Waals surface area contributed by atoms with Gasteiger partial charge in [-0.2, -0.15) is 0 Å². The zero-order valence-electron chi connectivity index (χ0n) is 22.3. The molecule has 2 fully saturated rings. The Kier molecular flexibility index (Phi) is 6.96. The van der Waals surface area contributed by atoms with Crippen LogP contribution >= 0.6 is 0 Å². The van der Waals surface area contributed by atoms with Crippen molar-refractivity contribution < 1.29 is 23.7 Å². The van der Waals surface area contributed by atoms with Gasteiger partial charge in [-0.15, -0.1) is 0 Å². The van der Waals surface area contributed by atoms with Crippen LogP contribution < -0.4 is 0 Å². The molecule has 1 heterocycles. The number of hydrogen-bond acceptors (Lipinski definition) is 5. The van der Waals surface area contributed by atoms with Gasteiger partial charge in [-0.3, -0.25) is 0 Å². The monoisotopic (exact) mass is 472 g/mol. The Morgan fingerprint density at radius 3 is 2.38 bits per heavy atom. The summed E-state index contributed by atoms with van der Waals surface area (Å²) in [6, 6.07) is 0. The van der Waals surface area contributed by atoms with Crippen LogP contribution in [-0.2, 0) is 23.7 Å². The van der Waals surface area contributed by atoms with E-state index >= 15 is 0 Å². The molecular weight excluding hydrogens is 428 g/mol. The molecular formula is C29H44O5. The Morgan fingerprint density at radius 1 is 1.03 bits per heavy atom. The van der Waals surface area contributed by atoms with Crippen molar-refractivity contribution in [3.05, 3.63) is 34.9 Å². The van der Waals surface area contributed by atoms with Crippen LogP contribution in [0.25, 0.3) is 0 Å². The first kappa shape index (κ1) is 25.7. The van der Waals surface area contributed by atoms with Crippen LogP contribution in [0.2, 0.25) is 0 Å². The van der Waals surface area contributed by atoms with Crippen molar-refractivity contribution in [2.45, 2.75) is 117 Å². The first-order valence-electron chi connectivity index (χ1n) is 13.1. The van der Waals surface area contributed by atoms with E-state index in [-0.39, 0.29) is 17.0 Å². The van der Waals surface area contributed by atoms with Crippen LogP contribution in [0.15, 0.2) is 34.9 Å². The first-order valence-corrected chi connectivity index (χ1v) is 13.1. The summed E-state index contributed by atoms with van der Waals surface area (Å²) in [6.07, 6.45) is 13.3. The number of ether oxygens (including phenoxy) is 4. The Hall–Kier alpha value is -1.43. The van der Waals surface area contributed by atoms with Gasteiger partial charge in [-0.05, 0) is 96.3 Å². The summed E-state index contributed by atoms with van der Waals surface area (Å²) < 4.78 is 24.1. The smallest absolute Gasteiger partial charge is 0.331 e. The lowest BCUT2D eigenvalue weighted by Gasteiger charge is -2.43. The van der Waals surface area contributed by atoms with E-state index in [0.29, 0.717) is 31.7 Å². The highest BCUT2D eigenvalue weighted by molar-refractivity contribution is 5.83. The molecule has 190 valence electrons. The van der Waals surface area contributed by atoms with Gasteiger partial charge in [-0.25, -0.2) is 4.79 Å². The molecule has 1 spiro atoms. The average molecular weight is 473 g/mol. The molecule has 0 unspecified atom stereocenters. The number of fused-ring (bicyclic) bond motifs is 1. The minimum absolute atomic E-state index is 0.117. The van der Waals surface area contributed by atoms with E-state index in [4.69, 9.17) is 18.9 Å². The molecule has 1 saturated carbocycles. The molecule has 0 aromatic carbocycles. The minimum Gasteiger partial charge on any atom is -0.457 e. The maximum absolute atomic E-state index is 12.4. The van der Waals surface area contributed by atoms with Gasteiger partial charge in [0.15, 0.2) is 5.79 Å². The van der Waals surface area contributed by atoms with Crippen LogP contribution in [0.1, 0.15) is 93.4 Å². The average Bonchev–Trinajstić information content (AvgIpc) is 3.29. The number of rotatable bonds is 4. The maximum Gasteiger partial charge on any atom is 0.331 e. The highest BCUT2D eigenvalue weighted by atomic mass is 16.7. The summed E-state index contributed by atoms with van der Waals surface area (Å²) in [5, 5.41) is 0. The molecule has 0 aromatic heterocycles. The molecule has 0 N–H and O–H groups in total. The normalized spacial score (nSPS) is 31.8. The van der Waals surface area contributed by atoms with Gasteiger partial charge < -0.3 is 18.9 Å². The minimum atomic E-state index is -0.542. The molecule has 4 aliphatic rings. The fourth-order valence-corrected chi connectivity index (χ4v) is 6.19. The second-order valence-electron chi connectivity index (χ2n) is 12.8. The third-order valence-electron chi connectivity index (χ3n) is 7.79. The predicted molar refractivity (Wildman–Crippen MR) is 133 cm³/mol. The first-order chi connectivity index (χ1) is 15.8. The highest BCUT2D eigenvalue weighted by Gasteiger charge is 2.50. The van der Waals surface area contributed by atoms with Crippen molar-refractivity contribution in [1.82, 2.24) is 0 Å². The van der Waals surface area contributed by atoms with E-state index in [0.717, 1.165) is 37.7 Å². The van der Waals surface area contributed by atoms with Crippen LogP contribution in [-0.4, -0.2) is 42.3 Å². The van der Waals surface area contributed by atoms with E-state index in [1.807, 2.05) is 26.8 Å². The van der Waals surface area contributed by atoms with E-state index in [1.54, 1.807) is 6.08 Å². The van der Waals surface area contributed by atoms with Crippen molar-refractivity contribution in [1.29, 1.82) is 0 Å². The van der Waals surface area contributed by atoms with Crippen molar-refractivity contribution in [2.24, 2.45) is 11.3 Å². The zero-order chi connectivity index (χ0) is 24.8. The number of allylic oxidation sites excluding steroid dienone is 4. The second-order valence-corrected chi connectivity index (χ2v) is 12.8. The third-order valence-corrected chi connectivity index (χ3v) is 7.79. The summed E-state index contributed by atoms with van der Waals surface area (Å²) in [5.74, 6) is -0.322. The lowest BCUT2D eigenvalue weighted by Crippen LogP contribution is -2.40. The molecule has 4 rings (SSSR count). The highest BCUT2D eigenvalue weighted by Crippen LogP contribution is 2.55. The Morgan fingerprint density at radius 2 is 1.74 bits per heavy atom. The van der Waals surface area contributed by atoms with Crippen molar-refractivity contribution >= 4 is 5.97 Å². The maximum atomic E-state index is 12.4. The van der Waals surface area contributed by atoms with Crippen molar-refractivity contribution in [2.75, 3.05) is 13.2 Å². The number of carbonyl (C=O) groups excluding carboxylic acids is 1. The Balaban J connectivity index is 1.60. The van der Waals surface area contributed by atoms with Gasteiger partial charge in [0.25, 0.3) is 0 Å². The molecule has 1 aliphatic heterocycles. The molecule has 0 bridgehead atoms. The number of hydrogen-bond donors (Lipinski definition) is 0. The zero-order valence-corrected chi connectivity index (χ0v) is 22.3. The second kappa shape index (κ2) is 9.22. The van der Waals surface area contributed by atoms with Crippen molar-refractivity contribution in [3.8, 4) is 0 Å². The Bertz CT molecular complexity index is 875. The lowest BCUT2D eigenvalue weighted by molar-refractivity contribution is -0.162.